The smallest absolute Gasteiger partial charge is 0.0580 e. The van der Waals surface area contributed by atoms with Crippen LogP contribution in [0.25, 0.3) is 0 Å². The lowest BCUT2D eigenvalue weighted by molar-refractivity contribution is 0.409. The Morgan fingerprint density at radius 3 is 2.95 bits per heavy atom. The highest BCUT2D eigenvalue weighted by Crippen LogP contribution is 2.38. The molecule has 0 fully saturated rings. The van der Waals surface area contributed by atoms with Gasteiger partial charge in [0.2, 0.25) is 0 Å². The highest BCUT2D eigenvalue weighted by molar-refractivity contribution is 9.10. The number of hydrogen-bond donors (Lipinski definition) is 1. The predicted molar refractivity (Wildman–Crippen MR) is 83.7 cm³/mol. The first-order chi connectivity index (χ1) is 9.79. The van der Waals surface area contributed by atoms with Crippen molar-refractivity contribution < 1.29 is 0 Å². The molecule has 0 radical (unpaired) electrons. The Kier molecular flexibility index (Phi) is 4.13. The van der Waals surface area contributed by atoms with Gasteiger partial charge in [-0.1, -0.05) is 6.07 Å². The molecule has 0 saturated heterocycles. The van der Waals surface area contributed by atoms with Crippen molar-refractivity contribution in [1.29, 1.82) is 0 Å². The van der Waals surface area contributed by atoms with Gasteiger partial charge < -0.3 is 5.32 Å². The van der Waals surface area contributed by atoms with Crippen LogP contribution in [-0.4, -0.2) is 17.0 Å². The number of halogens is 1. The van der Waals surface area contributed by atoms with Crippen LogP contribution in [0.1, 0.15) is 41.8 Å². The molecule has 1 aliphatic rings. The van der Waals surface area contributed by atoms with Crippen LogP contribution >= 0.6 is 15.9 Å². The summed E-state index contributed by atoms with van der Waals surface area (Å²) in [7, 11) is 2.01. The van der Waals surface area contributed by atoms with Crippen molar-refractivity contribution in [2.45, 2.75) is 31.2 Å². The molecule has 20 heavy (non-hydrogen) atoms. The Morgan fingerprint density at radius 2 is 2.20 bits per heavy atom. The average molecular weight is 332 g/mol. The monoisotopic (exact) mass is 331 g/mol. The van der Waals surface area contributed by atoms with Gasteiger partial charge in [0.05, 0.1) is 11.7 Å². The van der Waals surface area contributed by atoms with Crippen LogP contribution in [0.15, 0.2) is 41.1 Å². The van der Waals surface area contributed by atoms with Crippen molar-refractivity contribution in [3.8, 4) is 0 Å². The van der Waals surface area contributed by atoms with Crippen LogP contribution in [-0.2, 0) is 6.42 Å². The van der Waals surface area contributed by atoms with E-state index in [1.165, 1.54) is 17.7 Å². The minimum absolute atomic E-state index is 0.219. The number of nitrogens with one attached hydrogen (secondary N) is 1. The van der Waals surface area contributed by atoms with E-state index >= 15 is 0 Å². The second-order valence-electron chi connectivity index (χ2n) is 5.21. The fourth-order valence-electron chi connectivity index (χ4n) is 3.10. The van der Waals surface area contributed by atoms with E-state index in [1.54, 1.807) is 0 Å². The van der Waals surface area contributed by atoms with E-state index in [2.05, 4.69) is 49.4 Å². The van der Waals surface area contributed by atoms with Gasteiger partial charge in [0.25, 0.3) is 0 Å². The maximum Gasteiger partial charge on any atom is 0.0580 e. The third-order valence-electron chi connectivity index (χ3n) is 4.02. The summed E-state index contributed by atoms with van der Waals surface area (Å²) in [5, 5.41) is 3.43. The zero-order chi connectivity index (χ0) is 13.9. The number of fused-ring (bicyclic) bond motifs is 1. The quantitative estimate of drug-likeness (QED) is 0.933. The maximum atomic E-state index is 4.64. The van der Waals surface area contributed by atoms with E-state index < -0.39 is 0 Å². The lowest BCUT2D eigenvalue weighted by Crippen LogP contribution is -2.28. The lowest BCUT2D eigenvalue weighted by atomic mass is 9.81. The van der Waals surface area contributed by atoms with E-state index in [0.717, 1.165) is 23.0 Å². The number of rotatable bonds is 3. The minimum Gasteiger partial charge on any atom is -0.311 e. The molecule has 104 valence electrons. The Labute approximate surface area is 128 Å². The molecule has 1 N–H and O–H groups in total. The molecule has 3 rings (SSSR count). The zero-order valence-corrected chi connectivity index (χ0v) is 13.1. The second-order valence-corrected chi connectivity index (χ2v) is 6.13. The summed E-state index contributed by atoms with van der Waals surface area (Å²) in [4.78, 5) is 9.20. The van der Waals surface area contributed by atoms with E-state index in [1.807, 2.05) is 25.5 Å². The SMILES string of the molecule is CNC(c1ccc(Br)cn1)C1CCCc2cccnc21. The molecule has 2 aromatic heterocycles. The van der Waals surface area contributed by atoms with Crippen LogP contribution in [0, 0.1) is 0 Å². The second kappa shape index (κ2) is 6.02. The number of pyridine rings is 2. The minimum atomic E-state index is 0.219. The van der Waals surface area contributed by atoms with Crippen molar-refractivity contribution in [3.05, 3.63) is 58.1 Å². The average Bonchev–Trinajstić information content (AvgIpc) is 2.50. The molecule has 0 saturated carbocycles. The highest BCUT2D eigenvalue weighted by Gasteiger charge is 2.29. The first kappa shape index (κ1) is 13.7. The molecule has 1 aliphatic carbocycles. The molecule has 0 bridgehead atoms. The third-order valence-corrected chi connectivity index (χ3v) is 4.49. The van der Waals surface area contributed by atoms with Gasteiger partial charge in [-0.2, -0.15) is 0 Å². The molecular weight excluding hydrogens is 314 g/mol. The van der Waals surface area contributed by atoms with Gasteiger partial charge in [-0.15, -0.1) is 0 Å². The van der Waals surface area contributed by atoms with Crippen molar-refractivity contribution >= 4 is 15.9 Å². The number of likely N-dealkylation sites (N-methyl/N-ethyl adjacent to an activating group) is 1. The van der Waals surface area contributed by atoms with Gasteiger partial charge in [-0.05, 0) is 66.0 Å². The topological polar surface area (TPSA) is 37.8 Å². The van der Waals surface area contributed by atoms with E-state index in [9.17, 15) is 0 Å². The molecular formula is C16H18BrN3. The molecule has 0 amide bonds. The first-order valence-electron chi connectivity index (χ1n) is 7.02. The van der Waals surface area contributed by atoms with Gasteiger partial charge >= 0.3 is 0 Å². The third kappa shape index (κ3) is 2.63. The molecule has 2 aromatic rings. The summed E-state index contributed by atoms with van der Waals surface area (Å²) in [6.45, 7) is 0. The summed E-state index contributed by atoms with van der Waals surface area (Å²) in [6, 6.07) is 8.60. The van der Waals surface area contributed by atoms with Crippen LogP contribution in [0.3, 0.4) is 0 Å². The predicted octanol–water partition coefficient (Wildman–Crippen LogP) is 3.62. The van der Waals surface area contributed by atoms with Crippen LogP contribution in [0.4, 0.5) is 0 Å². The maximum absolute atomic E-state index is 4.64. The van der Waals surface area contributed by atoms with Gasteiger partial charge in [-0.25, -0.2) is 0 Å². The fourth-order valence-corrected chi connectivity index (χ4v) is 3.33. The Bertz CT molecular complexity index is 583. The fraction of sp³-hybridized carbons (Fsp3) is 0.375. The first-order valence-corrected chi connectivity index (χ1v) is 7.81. The van der Waals surface area contributed by atoms with Crippen LogP contribution in [0.5, 0.6) is 0 Å². The largest absolute Gasteiger partial charge is 0.311 e. The van der Waals surface area contributed by atoms with Gasteiger partial charge in [0, 0.05) is 28.5 Å². The number of aryl methyl sites for hydroxylation is 1. The van der Waals surface area contributed by atoms with E-state index in [0.29, 0.717) is 5.92 Å². The molecule has 3 nitrogen and oxygen atoms in total. The normalized spacial score (nSPS) is 19.4. The Morgan fingerprint density at radius 1 is 1.30 bits per heavy atom. The van der Waals surface area contributed by atoms with Crippen molar-refractivity contribution in [2.24, 2.45) is 0 Å². The van der Waals surface area contributed by atoms with Crippen LogP contribution in [0.2, 0.25) is 0 Å². The van der Waals surface area contributed by atoms with Gasteiger partial charge in [-0.3, -0.25) is 9.97 Å². The molecule has 0 aromatic carbocycles. The molecule has 2 atom stereocenters. The molecule has 2 unspecified atom stereocenters. The van der Waals surface area contributed by atoms with E-state index in [4.69, 9.17) is 0 Å². The molecule has 2 heterocycles. The van der Waals surface area contributed by atoms with Gasteiger partial charge in [0.15, 0.2) is 0 Å². The number of hydrogen-bond acceptors (Lipinski definition) is 3. The molecule has 0 spiro atoms. The standard InChI is InChI=1S/C16H18BrN3/c1-18-16(14-8-7-12(17)10-20-14)13-6-2-4-11-5-3-9-19-15(11)13/h3,5,7-10,13,16,18H,2,4,6H2,1H3. The van der Waals surface area contributed by atoms with Crippen molar-refractivity contribution in [1.82, 2.24) is 15.3 Å². The Hall–Kier alpha value is -1.26. The van der Waals surface area contributed by atoms with Crippen molar-refractivity contribution in [3.63, 3.8) is 0 Å². The summed E-state index contributed by atoms with van der Waals surface area (Å²) in [5.41, 5.74) is 3.71. The molecule has 4 heteroatoms. The number of aromatic nitrogens is 2. The summed E-state index contributed by atoms with van der Waals surface area (Å²) in [5.74, 6) is 0.402. The molecule has 0 aliphatic heterocycles. The van der Waals surface area contributed by atoms with Gasteiger partial charge in [0.1, 0.15) is 0 Å². The summed E-state index contributed by atoms with van der Waals surface area (Å²) in [6.07, 6.45) is 7.29. The van der Waals surface area contributed by atoms with E-state index in [-0.39, 0.29) is 6.04 Å². The summed E-state index contributed by atoms with van der Waals surface area (Å²) < 4.78 is 1.01. The summed E-state index contributed by atoms with van der Waals surface area (Å²) >= 11 is 3.44. The number of nitrogens with zero attached hydrogens (tertiary/aromatic N) is 2. The van der Waals surface area contributed by atoms with Crippen molar-refractivity contribution in [2.75, 3.05) is 7.05 Å². The lowest BCUT2D eigenvalue weighted by Gasteiger charge is -2.31. The zero-order valence-electron chi connectivity index (χ0n) is 11.5. The van der Waals surface area contributed by atoms with Crippen LogP contribution < -0.4 is 5.32 Å². The Balaban J connectivity index is 1.96. The highest BCUT2D eigenvalue weighted by atomic mass is 79.9.